The Morgan fingerprint density at radius 1 is 1.25 bits per heavy atom. The van der Waals surface area contributed by atoms with Gasteiger partial charge in [-0.2, -0.15) is 0 Å². The summed E-state index contributed by atoms with van der Waals surface area (Å²) in [6.45, 7) is 0. The van der Waals surface area contributed by atoms with Crippen molar-refractivity contribution >= 4 is 97.6 Å². The fourth-order valence-corrected chi connectivity index (χ4v) is 0. The zero-order chi connectivity index (χ0) is 0. The van der Waals surface area contributed by atoms with Crippen LogP contribution in [0.3, 0.4) is 0 Å². The molecule has 0 aliphatic carbocycles. The van der Waals surface area contributed by atoms with Gasteiger partial charge in [-0.15, -0.1) is 0 Å². The molecule has 0 fully saturated rings. The van der Waals surface area contributed by atoms with Crippen molar-refractivity contribution in [3.05, 3.63) is 0 Å². The van der Waals surface area contributed by atoms with E-state index in [-0.39, 0.29) is 123 Å². The summed E-state index contributed by atoms with van der Waals surface area (Å²) in [5.74, 6) is 0. The van der Waals surface area contributed by atoms with Crippen molar-refractivity contribution in [2.45, 2.75) is 0 Å². The van der Waals surface area contributed by atoms with Crippen molar-refractivity contribution in [2.75, 3.05) is 0 Å². The Bertz CT molecular complexity index is 16.0. The minimum absolute atomic E-state index is 0. The van der Waals surface area contributed by atoms with Crippen LogP contribution in [-0.2, 0) is 19.5 Å². The van der Waals surface area contributed by atoms with Gasteiger partial charge in [0.25, 0.3) is 0 Å². The van der Waals surface area contributed by atoms with Gasteiger partial charge in [0.1, 0.15) is 0 Å². The van der Waals surface area contributed by atoms with E-state index in [9.17, 15) is 0 Å². The summed E-state index contributed by atoms with van der Waals surface area (Å²) >= 11 is 0. The Kier molecular flexibility index (Phi) is 101. The van der Waals surface area contributed by atoms with Crippen LogP contribution in [0, 0.1) is 0 Å². The third-order valence-electron chi connectivity index (χ3n) is 0. The Balaban J connectivity index is 0. The molecule has 0 saturated carbocycles. The second-order valence-corrected chi connectivity index (χ2v) is 0. The van der Waals surface area contributed by atoms with E-state index in [4.69, 9.17) is 0 Å². The molecule has 4 heteroatoms. The molecule has 0 spiro atoms. The molecule has 0 aliphatic heterocycles. The van der Waals surface area contributed by atoms with Gasteiger partial charge in [0.2, 0.25) is 0 Å². The number of hydrogen-bond acceptors (Lipinski definition) is 0. The summed E-state index contributed by atoms with van der Waals surface area (Å²) < 4.78 is 0. The number of hydrogen-bond donors (Lipinski definition) is 0. The molecule has 0 rings (SSSR count). The fraction of sp³-hybridized carbons (Fsp3) is 0. The topological polar surface area (TPSA) is 0 Å². The Morgan fingerprint density at radius 3 is 1.25 bits per heavy atom. The summed E-state index contributed by atoms with van der Waals surface area (Å²) in [4.78, 5) is 0. The van der Waals surface area contributed by atoms with E-state index in [1.807, 2.05) is 0 Å². The van der Waals surface area contributed by atoms with Crippen LogP contribution in [0.4, 0.5) is 0 Å². The van der Waals surface area contributed by atoms with Crippen molar-refractivity contribution in [2.24, 2.45) is 0 Å². The smallest absolute Gasteiger partial charge is 1.00 e. The van der Waals surface area contributed by atoms with Gasteiger partial charge in [-0.05, 0) is 11.0 Å². The third-order valence-corrected chi connectivity index (χ3v) is 0. The van der Waals surface area contributed by atoms with E-state index in [1.165, 1.54) is 0 Å². The molecule has 0 atom stereocenters. The molecular formula is H8BaCaSiZn. The normalized spacial score (nSPS) is 0. The van der Waals surface area contributed by atoms with Gasteiger partial charge in [-0.25, -0.2) is 0 Å². The largest absolute Gasteiger partial charge is 2.00 e. The minimum atomic E-state index is 0. The van der Waals surface area contributed by atoms with E-state index in [0.717, 1.165) is 0 Å². The fourth-order valence-electron chi connectivity index (χ4n) is 0. The molecule has 0 bridgehead atoms. The first kappa shape index (κ1) is 25.3. The summed E-state index contributed by atoms with van der Waals surface area (Å²) in [6, 6.07) is 0. The van der Waals surface area contributed by atoms with Crippen LogP contribution in [-0.4, -0.2) is 97.6 Å². The quantitative estimate of drug-likeness (QED) is 0.461. The van der Waals surface area contributed by atoms with Crippen molar-refractivity contribution in [1.29, 1.82) is 0 Å². The summed E-state index contributed by atoms with van der Waals surface area (Å²) in [5, 5.41) is 0. The van der Waals surface area contributed by atoms with Gasteiger partial charge >= 0.3 is 86.6 Å². The van der Waals surface area contributed by atoms with Crippen molar-refractivity contribution in [1.82, 2.24) is 0 Å². The van der Waals surface area contributed by atoms with Crippen LogP contribution in [0.25, 0.3) is 0 Å². The van der Waals surface area contributed by atoms with Crippen LogP contribution in [0.2, 0.25) is 0 Å². The van der Waals surface area contributed by atoms with Gasteiger partial charge in [0, 0.05) is 19.5 Å². The van der Waals surface area contributed by atoms with Gasteiger partial charge in [-0.3, -0.25) is 0 Å². The summed E-state index contributed by atoms with van der Waals surface area (Å²) in [7, 11) is 0. The maximum absolute atomic E-state index is 0. The summed E-state index contributed by atoms with van der Waals surface area (Å²) in [5.41, 5.74) is 0. The van der Waals surface area contributed by atoms with Crippen LogP contribution in [0.5, 0.6) is 0 Å². The third kappa shape index (κ3) is 9.18. The predicted molar refractivity (Wildman–Crippen MR) is 27.3 cm³/mol. The first-order valence-corrected chi connectivity index (χ1v) is 0. The predicted octanol–water partition coefficient (Wildman–Crippen LogP) is -1.77. The summed E-state index contributed by atoms with van der Waals surface area (Å²) in [6.07, 6.45) is 0. The molecule has 0 unspecified atom stereocenters. The van der Waals surface area contributed by atoms with Gasteiger partial charge in [0.15, 0.2) is 0 Å². The first-order valence-electron chi connectivity index (χ1n) is 0. The molecule has 0 N–H and O–H groups in total. The monoisotopic (exact) mass is 278 g/mol. The van der Waals surface area contributed by atoms with Gasteiger partial charge in [-0.1, -0.05) is 0 Å². The van der Waals surface area contributed by atoms with E-state index in [0.29, 0.717) is 0 Å². The standard InChI is InChI=1S/Ba.Ca.H4Si.Zn.4H/h;;1H4;;;;;/q2*+2;;;4*-1. The Hall–Kier alpha value is 3.67. The molecule has 0 amide bonds. The van der Waals surface area contributed by atoms with Crippen LogP contribution in [0.1, 0.15) is 5.71 Å². The maximum Gasteiger partial charge on any atom is 2.00 e. The molecule has 0 aromatic carbocycles. The van der Waals surface area contributed by atoms with Crippen molar-refractivity contribution in [3.63, 3.8) is 0 Å². The molecule has 0 aromatic rings. The molecule has 0 aliphatic rings. The zero-order valence-electron chi connectivity index (χ0n) is 6.12. The molecule has 18 valence electrons. The average Bonchev–Trinajstić information content (AvgIpc) is 0. The zero-order valence-corrected chi connectivity index (χ0v) is 11.7. The van der Waals surface area contributed by atoms with E-state index in [2.05, 4.69) is 0 Å². The van der Waals surface area contributed by atoms with E-state index >= 15 is 0 Å². The SMILES string of the molecule is [Ba+2].[Ca+2].[H-].[H-].[H-].[H-].[SiH4].[Zn]. The molecule has 0 heterocycles. The van der Waals surface area contributed by atoms with E-state index < -0.39 is 0 Å². The van der Waals surface area contributed by atoms with Crippen LogP contribution >= 0.6 is 0 Å². The van der Waals surface area contributed by atoms with E-state index in [1.54, 1.807) is 0 Å². The molecular weight excluding hydrogens is 271 g/mol. The Labute approximate surface area is 120 Å². The van der Waals surface area contributed by atoms with Gasteiger partial charge < -0.3 is 5.71 Å². The molecule has 0 nitrogen and oxygen atoms in total. The van der Waals surface area contributed by atoms with Gasteiger partial charge in [0.05, 0.1) is 0 Å². The average molecular weight is 279 g/mol. The second-order valence-electron chi connectivity index (χ2n) is 0. The Morgan fingerprint density at radius 2 is 1.25 bits per heavy atom. The molecule has 0 aromatic heterocycles. The van der Waals surface area contributed by atoms with Crippen molar-refractivity contribution in [3.8, 4) is 0 Å². The molecule has 0 radical (unpaired) electrons. The first-order chi connectivity index (χ1) is 0. The maximum atomic E-state index is 0. The number of rotatable bonds is 0. The van der Waals surface area contributed by atoms with Crippen LogP contribution in [0.15, 0.2) is 0 Å². The molecule has 0 saturated heterocycles. The van der Waals surface area contributed by atoms with Crippen LogP contribution < -0.4 is 0 Å². The molecule has 4 heavy (non-hydrogen) atoms. The second kappa shape index (κ2) is 15.9. The van der Waals surface area contributed by atoms with Crippen molar-refractivity contribution < 1.29 is 25.2 Å². The minimum Gasteiger partial charge on any atom is -1.00 e.